The molecule has 0 bridgehead atoms. The summed E-state index contributed by atoms with van der Waals surface area (Å²) in [5.74, 6) is 0.130. The van der Waals surface area contributed by atoms with Gasteiger partial charge in [0.2, 0.25) is 5.91 Å². The van der Waals surface area contributed by atoms with Gasteiger partial charge < -0.3 is 10.1 Å². The molecule has 0 radical (unpaired) electrons. The molecule has 1 aliphatic heterocycles. The van der Waals surface area contributed by atoms with Crippen LogP contribution >= 0.6 is 0 Å². The monoisotopic (exact) mass is 286 g/mol. The molecule has 1 N–H and O–H groups in total. The van der Waals surface area contributed by atoms with E-state index in [-0.39, 0.29) is 18.1 Å². The minimum absolute atomic E-state index is 0.0608. The number of carbonyl (C=O) groups is 1. The molecule has 1 saturated heterocycles. The molecule has 4 nitrogen and oxygen atoms in total. The first-order valence-corrected chi connectivity index (χ1v) is 7.75. The second-order valence-corrected chi connectivity index (χ2v) is 5.95. The van der Waals surface area contributed by atoms with Gasteiger partial charge in [-0.1, -0.05) is 5.57 Å². The smallest absolute Gasteiger partial charge is 0.247 e. The van der Waals surface area contributed by atoms with Crippen LogP contribution in [0.15, 0.2) is 35.7 Å². The Morgan fingerprint density at radius 3 is 2.86 bits per heavy atom. The first-order valence-electron chi connectivity index (χ1n) is 7.75. The Labute approximate surface area is 125 Å². The summed E-state index contributed by atoms with van der Waals surface area (Å²) < 4.78 is 5.83. The molecule has 1 fully saturated rings. The molecule has 3 rings (SSSR count). The quantitative estimate of drug-likeness (QED) is 0.929. The average molecular weight is 286 g/mol. The third-order valence-corrected chi connectivity index (χ3v) is 4.46. The second kappa shape index (κ2) is 6.39. The van der Waals surface area contributed by atoms with Crippen molar-refractivity contribution in [1.29, 1.82) is 0 Å². The summed E-state index contributed by atoms with van der Waals surface area (Å²) in [5.41, 5.74) is 3.40. The molecule has 112 valence electrons. The molecule has 0 saturated carbocycles. The maximum absolute atomic E-state index is 12.3. The standard InChI is InChI=1S/C17H22N2O2/c1-12-3-2-4-15(12)17(20)19-14-7-10-21-16(11-14)13-5-8-18-9-6-13/h5-6,8-9,14,16H,2-4,7,10-11H2,1H3,(H,19,20). The molecule has 2 aliphatic rings. The number of ether oxygens (including phenoxy) is 1. The number of pyridine rings is 1. The van der Waals surface area contributed by atoms with E-state index in [1.165, 1.54) is 5.57 Å². The molecule has 1 aliphatic carbocycles. The number of aromatic nitrogens is 1. The fourth-order valence-corrected chi connectivity index (χ4v) is 3.21. The molecule has 1 aromatic heterocycles. The van der Waals surface area contributed by atoms with Gasteiger partial charge in [0.15, 0.2) is 0 Å². The Balaban J connectivity index is 1.62. The van der Waals surface area contributed by atoms with Crippen molar-refractivity contribution in [2.75, 3.05) is 6.61 Å². The van der Waals surface area contributed by atoms with Crippen molar-refractivity contribution < 1.29 is 9.53 Å². The van der Waals surface area contributed by atoms with Crippen molar-refractivity contribution >= 4 is 5.91 Å². The van der Waals surface area contributed by atoms with Crippen LogP contribution in [0.2, 0.25) is 0 Å². The Morgan fingerprint density at radius 1 is 1.33 bits per heavy atom. The lowest BCUT2D eigenvalue weighted by atomic mass is 9.97. The van der Waals surface area contributed by atoms with Gasteiger partial charge in [0.25, 0.3) is 0 Å². The average Bonchev–Trinajstić information content (AvgIpc) is 2.95. The minimum Gasteiger partial charge on any atom is -0.373 e. The van der Waals surface area contributed by atoms with Crippen LogP contribution in [0.5, 0.6) is 0 Å². The van der Waals surface area contributed by atoms with E-state index >= 15 is 0 Å². The third kappa shape index (κ3) is 3.32. The highest BCUT2D eigenvalue weighted by molar-refractivity contribution is 5.94. The number of rotatable bonds is 3. The lowest BCUT2D eigenvalue weighted by Gasteiger charge is -2.30. The van der Waals surface area contributed by atoms with Crippen LogP contribution in [0.1, 0.15) is 50.7 Å². The number of hydrogen-bond donors (Lipinski definition) is 1. The zero-order chi connectivity index (χ0) is 14.7. The highest BCUT2D eigenvalue weighted by atomic mass is 16.5. The zero-order valence-corrected chi connectivity index (χ0v) is 12.5. The molecule has 21 heavy (non-hydrogen) atoms. The first-order chi connectivity index (χ1) is 10.2. The fourth-order valence-electron chi connectivity index (χ4n) is 3.21. The molecular weight excluding hydrogens is 264 g/mol. The Morgan fingerprint density at radius 2 is 2.14 bits per heavy atom. The van der Waals surface area contributed by atoms with Gasteiger partial charge in [-0.05, 0) is 56.7 Å². The van der Waals surface area contributed by atoms with E-state index in [2.05, 4.69) is 17.2 Å². The van der Waals surface area contributed by atoms with Crippen LogP contribution in [0.3, 0.4) is 0 Å². The maximum atomic E-state index is 12.3. The highest BCUT2D eigenvalue weighted by Crippen LogP contribution is 2.29. The van der Waals surface area contributed by atoms with Gasteiger partial charge in [-0.25, -0.2) is 0 Å². The fraction of sp³-hybridized carbons (Fsp3) is 0.529. The van der Waals surface area contributed by atoms with E-state index in [1.807, 2.05) is 12.1 Å². The predicted octanol–water partition coefficient (Wildman–Crippen LogP) is 2.92. The summed E-state index contributed by atoms with van der Waals surface area (Å²) in [6.45, 7) is 2.77. The summed E-state index contributed by atoms with van der Waals surface area (Å²) >= 11 is 0. The van der Waals surface area contributed by atoms with E-state index in [0.717, 1.165) is 43.2 Å². The number of allylic oxidation sites excluding steroid dienone is 1. The van der Waals surface area contributed by atoms with Gasteiger partial charge >= 0.3 is 0 Å². The van der Waals surface area contributed by atoms with E-state index in [1.54, 1.807) is 12.4 Å². The topological polar surface area (TPSA) is 51.2 Å². The molecule has 4 heteroatoms. The summed E-state index contributed by atoms with van der Waals surface area (Å²) in [6, 6.07) is 4.17. The van der Waals surface area contributed by atoms with Crippen LogP contribution in [0, 0.1) is 0 Å². The van der Waals surface area contributed by atoms with E-state index in [9.17, 15) is 4.79 Å². The summed E-state index contributed by atoms with van der Waals surface area (Å²) in [5, 5.41) is 3.20. The van der Waals surface area contributed by atoms with Gasteiger partial charge in [0.1, 0.15) is 0 Å². The molecule has 2 atom stereocenters. The van der Waals surface area contributed by atoms with Gasteiger partial charge in [0, 0.05) is 30.6 Å². The molecule has 1 aromatic rings. The normalized spacial score (nSPS) is 26.0. The number of amides is 1. The van der Waals surface area contributed by atoms with Crippen molar-refractivity contribution in [1.82, 2.24) is 10.3 Å². The minimum atomic E-state index is 0.0608. The van der Waals surface area contributed by atoms with Crippen molar-refractivity contribution in [3.05, 3.63) is 41.2 Å². The molecule has 2 unspecified atom stereocenters. The lowest BCUT2D eigenvalue weighted by Crippen LogP contribution is -2.40. The van der Waals surface area contributed by atoms with E-state index in [4.69, 9.17) is 4.74 Å². The van der Waals surface area contributed by atoms with Gasteiger partial charge in [-0.2, -0.15) is 0 Å². The van der Waals surface area contributed by atoms with Gasteiger partial charge in [0.05, 0.1) is 6.10 Å². The van der Waals surface area contributed by atoms with Crippen LogP contribution in [0.25, 0.3) is 0 Å². The SMILES string of the molecule is CC1=C(C(=O)NC2CCOC(c3ccncc3)C2)CCC1. The van der Waals surface area contributed by atoms with Gasteiger partial charge in [-0.15, -0.1) is 0 Å². The van der Waals surface area contributed by atoms with Gasteiger partial charge in [-0.3, -0.25) is 9.78 Å². The largest absolute Gasteiger partial charge is 0.373 e. The van der Waals surface area contributed by atoms with E-state index < -0.39 is 0 Å². The van der Waals surface area contributed by atoms with Crippen LogP contribution in [0.4, 0.5) is 0 Å². The number of nitrogens with zero attached hydrogens (tertiary/aromatic N) is 1. The molecular formula is C17H22N2O2. The molecule has 0 spiro atoms. The Hall–Kier alpha value is -1.68. The van der Waals surface area contributed by atoms with Crippen molar-refractivity contribution in [3.8, 4) is 0 Å². The Kier molecular flexibility index (Phi) is 4.34. The molecule has 2 heterocycles. The third-order valence-electron chi connectivity index (χ3n) is 4.46. The summed E-state index contributed by atoms with van der Waals surface area (Å²) in [7, 11) is 0. The number of hydrogen-bond acceptors (Lipinski definition) is 3. The first kappa shape index (κ1) is 14.3. The van der Waals surface area contributed by atoms with Crippen LogP contribution in [-0.4, -0.2) is 23.5 Å². The lowest BCUT2D eigenvalue weighted by molar-refractivity contribution is -0.119. The summed E-state index contributed by atoms with van der Waals surface area (Å²) in [6.07, 6.45) is 8.46. The number of carbonyl (C=O) groups excluding carboxylic acids is 1. The highest BCUT2D eigenvalue weighted by Gasteiger charge is 2.27. The van der Waals surface area contributed by atoms with Crippen LogP contribution < -0.4 is 5.32 Å². The second-order valence-electron chi connectivity index (χ2n) is 5.95. The maximum Gasteiger partial charge on any atom is 0.247 e. The zero-order valence-electron chi connectivity index (χ0n) is 12.5. The van der Waals surface area contributed by atoms with Crippen molar-refractivity contribution in [3.63, 3.8) is 0 Å². The number of nitrogens with one attached hydrogen (secondary N) is 1. The molecule has 1 amide bonds. The molecule has 0 aromatic carbocycles. The van der Waals surface area contributed by atoms with Crippen molar-refractivity contribution in [2.24, 2.45) is 0 Å². The summed E-state index contributed by atoms with van der Waals surface area (Å²) in [4.78, 5) is 16.4. The Bertz CT molecular complexity index is 539. The predicted molar refractivity (Wildman–Crippen MR) is 80.6 cm³/mol. The van der Waals surface area contributed by atoms with E-state index in [0.29, 0.717) is 6.61 Å². The van der Waals surface area contributed by atoms with Crippen LogP contribution in [-0.2, 0) is 9.53 Å². The van der Waals surface area contributed by atoms with Crippen molar-refractivity contribution in [2.45, 2.75) is 51.2 Å².